The van der Waals surface area contributed by atoms with Gasteiger partial charge in [-0.3, -0.25) is 9.59 Å². The molecule has 0 heterocycles. The first-order chi connectivity index (χ1) is 8.52. The van der Waals surface area contributed by atoms with Crippen molar-refractivity contribution in [2.45, 2.75) is 0 Å². The number of amides is 1. The Kier molecular flexibility index (Phi) is 5.44. The summed E-state index contributed by atoms with van der Waals surface area (Å²) in [5.41, 5.74) is 6.08. The van der Waals surface area contributed by atoms with Gasteiger partial charge in [0.2, 0.25) is 5.91 Å². The number of benzene rings is 1. The number of nitrogens with one attached hydrogen (secondary N) is 1. The number of thioether (sulfide) groups is 1. The van der Waals surface area contributed by atoms with Crippen molar-refractivity contribution in [3.8, 4) is 0 Å². The molecule has 0 saturated carbocycles. The molecule has 0 aromatic heterocycles. The minimum Gasteiger partial charge on any atom is -0.468 e. The molecule has 1 rings (SSSR count). The quantitative estimate of drug-likeness (QED) is 0.623. The van der Waals surface area contributed by atoms with Crippen LogP contribution in [0.1, 0.15) is 0 Å². The van der Waals surface area contributed by atoms with Gasteiger partial charge in [0.15, 0.2) is 0 Å². The van der Waals surface area contributed by atoms with E-state index < -0.39 is 11.8 Å². The van der Waals surface area contributed by atoms with Gasteiger partial charge < -0.3 is 15.8 Å². The van der Waals surface area contributed by atoms with Gasteiger partial charge in [-0.15, -0.1) is 11.8 Å². The third kappa shape index (κ3) is 4.62. The van der Waals surface area contributed by atoms with E-state index in [1.807, 2.05) is 0 Å². The van der Waals surface area contributed by atoms with E-state index in [-0.39, 0.29) is 28.8 Å². The second-order valence-electron chi connectivity index (χ2n) is 3.35. The molecule has 0 spiro atoms. The van der Waals surface area contributed by atoms with Crippen LogP contribution in [0, 0.1) is 5.82 Å². The monoisotopic (exact) mass is 272 g/mol. The number of hydrogen-bond acceptors (Lipinski definition) is 5. The highest BCUT2D eigenvalue weighted by atomic mass is 32.2. The number of esters is 1. The predicted molar refractivity (Wildman–Crippen MR) is 68.8 cm³/mol. The van der Waals surface area contributed by atoms with Crippen LogP contribution in [-0.4, -0.2) is 30.5 Å². The fourth-order valence-corrected chi connectivity index (χ4v) is 1.75. The van der Waals surface area contributed by atoms with Crippen molar-refractivity contribution >= 4 is 35.0 Å². The smallest absolute Gasteiger partial charge is 0.315 e. The Bertz CT molecular complexity index is 454. The summed E-state index contributed by atoms with van der Waals surface area (Å²) < 4.78 is 17.4. The highest BCUT2D eigenvalue weighted by Crippen LogP contribution is 2.19. The van der Waals surface area contributed by atoms with Crippen LogP contribution in [0.5, 0.6) is 0 Å². The number of rotatable bonds is 5. The lowest BCUT2D eigenvalue weighted by Crippen LogP contribution is -2.16. The van der Waals surface area contributed by atoms with Crippen LogP contribution < -0.4 is 11.1 Å². The molecular formula is C11H13FN2O3S. The van der Waals surface area contributed by atoms with Gasteiger partial charge in [-0.25, -0.2) is 4.39 Å². The molecule has 7 heteroatoms. The minimum absolute atomic E-state index is 0.0606. The average molecular weight is 272 g/mol. The van der Waals surface area contributed by atoms with Crippen molar-refractivity contribution in [1.82, 2.24) is 0 Å². The maximum atomic E-state index is 12.9. The lowest BCUT2D eigenvalue weighted by Gasteiger charge is -2.07. The zero-order chi connectivity index (χ0) is 13.5. The number of carbonyl (C=O) groups excluding carboxylic acids is 2. The van der Waals surface area contributed by atoms with Gasteiger partial charge in [0.25, 0.3) is 0 Å². The summed E-state index contributed by atoms with van der Waals surface area (Å²) in [6.45, 7) is 0. The van der Waals surface area contributed by atoms with Gasteiger partial charge in [0, 0.05) is 0 Å². The summed E-state index contributed by atoms with van der Waals surface area (Å²) in [5.74, 6) is -1.10. The van der Waals surface area contributed by atoms with Crippen LogP contribution >= 0.6 is 11.8 Å². The van der Waals surface area contributed by atoms with Crippen LogP contribution in [0.3, 0.4) is 0 Å². The van der Waals surface area contributed by atoms with Gasteiger partial charge in [0.1, 0.15) is 5.82 Å². The summed E-state index contributed by atoms with van der Waals surface area (Å²) in [6, 6.07) is 3.71. The van der Waals surface area contributed by atoms with E-state index in [4.69, 9.17) is 5.73 Å². The van der Waals surface area contributed by atoms with Gasteiger partial charge in [-0.05, 0) is 18.2 Å². The van der Waals surface area contributed by atoms with Crippen molar-refractivity contribution < 1.29 is 18.7 Å². The Morgan fingerprint density at radius 1 is 1.44 bits per heavy atom. The van der Waals surface area contributed by atoms with E-state index in [1.54, 1.807) is 0 Å². The third-order valence-electron chi connectivity index (χ3n) is 1.97. The second kappa shape index (κ2) is 6.85. The second-order valence-corrected chi connectivity index (χ2v) is 4.33. The summed E-state index contributed by atoms with van der Waals surface area (Å²) in [5, 5.41) is 2.47. The first-order valence-corrected chi connectivity index (χ1v) is 6.18. The fraction of sp³-hybridized carbons (Fsp3) is 0.273. The lowest BCUT2D eigenvalue weighted by atomic mass is 10.2. The molecule has 0 aliphatic heterocycles. The molecule has 0 aliphatic rings. The van der Waals surface area contributed by atoms with Gasteiger partial charge >= 0.3 is 5.97 Å². The highest BCUT2D eigenvalue weighted by Gasteiger charge is 2.08. The number of ether oxygens (including phenoxy) is 1. The van der Waals surface area contributed by atoms with Crippen LogP contribution in [0.4, 0.5) is 15.8 Å². The Hall–Kier alpha value is -1.76. The average Bonchev–Trinajstić information content (AvgIpc) is 2.33. The van der Waals surface area contributed by atoms with E-state index >= 15 is 0 Å². The summed E-state index contributed by atoms with van der Waals surface area (Å²) in [7, 11) is 1.27. The van der Waals surface area contributed by atoms with E-state index in [0.29, 0.717) is 0 Å². The fourth-order valence-electron chi connectivity index (χ4n) is 1.11. The molecule has 1 amide bonds. The summed E-state index contributed by atoms with van der Waals surface area (Å²) >= 11 is 1.10. The summed E-state index contributed by atoms with van der Waals surface area (Å²) in [6.07, 6.45) is 0. The van der Waals surface area contributed by atoms with E-state index in [0.717, 1.165) is 17.8 Å². The molecule has 3 N–H and O–H groups in total. The van der Waals surface area contributed by atoms with Crippen molar-refractivity contribution in [1.29, 1.82) is 0 Å². The first kappa shape index (κ1) is 14.3. The van der Waals surface area contributed by atoms with Gasteiger partial charge in [-0.2, -0.15) is 0 Å². The predicted octanol–water partition coefficient (Wildman–Crippen LogP) is 1.25. The molecule has 0 fully saturated rings. The number of halogens is 1. The van der Waals surface area contributed by atoms with Crippen LogP contribution in [0.2, 0.25) is 0 Å². The molecule has 1 aromatic carbocycles. The third-order valence-corrected chi connectivity index (χ3v) is 2.88. The SMILES string of the molecule is COC(=O)CSCC(=O)Nc1cc(F)ccc1N. The number of carbonyl (C=O) groups is 2. The number of hydrogen-bond donors (Lipinski definition) is 2. The zero-order valence-electron chi connectivity index (χ0n) is 9.73. The first-order valence-electron chi connectivity index (χ1n) is 5.02. The Morgan fingerprint density at radius 3 is 2.83 bits per heavy atom. The number of methoxy groups -OCH3 is 1. The highest BCUT2D eigenvalue weighted by molar-refractivity contribution is 8.00. The van der Waals surface area contributed by atoms with Gasteiger partial charge in [0.05, 0.1) is 30.0 Å². The zero-order valence-corrected chi connectivity index (χ0v) is 10.6. The molecule has 0 radical (unpaired) electrons. The molecule has 18 heavy (non-hydrogen) atoms. The topological polar surface area (TPSA) is 81.4 Å². The molecule has 0 aliphatic carbocycles. The Labute approximate surface area is 108 Å². The molecule has 1 aromatic rings. The van der Waals surface area contributed by atoms with Gasteiger partial charge in [-0.1, -0.05) is 0 Å². The normalized spacial score (nSPS) is 9.89. The standard InChI is InChI=1S/C11H13FN2O3S/c1-17-11(16)6-18-5-10(15)14-9-4-7(12)2-3-8(9)13/h2-4H,5-6,13H2,1H3,(H,14,15). The largest absolute Gasteiger partial charge is 0.468 e. The minimum atomic E-state index is -0.485. The Morgan fingerprint density at radius 2 is 2.17 bits per heavy atom. The maximum Gasteiger partial charge on any atom is 0.315 e. The van der Waals surface area contributed by atoms with Crippen LogP contribution in [0.25, 0.3) is 0 Å². The number of anilines is 2. The molecule has 0 saturated heterocycles. The van der Waals surface area contributed by atoms with Crippen molar-refractivity contribution in [2.24, 2.45) is 0 Å². The van der Waals surface area contributed by atoms with E-state index in [9.17, 15) is 14.0 Å². The Balaban J connectivity index is 2.44. The lowest BCUT2D eigenvalue weighted by molar-refractivity contribution is -0.137. The molecule has 5 nitrogen and oxygen atoms in total. The molecule has 0 bridgehead atoms. The molecule has 0 unspecified atom stereocenters. The van der Waals surface area contributed by atoms with E-state index in [2.05, 4.69) is 10.1 Å². The van der Waals surface area contributed by atoms with Crippen molar-refractivity contribution in [3.63, 3.8) is 0 Å². The molecule has 98 valence electrons. The number of nitrogens with two attached hydrogens (primary N) is 1. The summed E-state index contributed by atoms with van der Waals surface area (Å²) in [4.78, 5) is 22.3. The van der Waals surface area contributed by atoms with Crippen molar-refractivity contribution in [3.05, 3.63) is 24.0 Å². The molecular weight excluding hydrogens is 259 g/mol. The number of nitrogen functional groups attached to an aromatic ring is 1. The molecule has 0 atom stereocenters. The van der Waals surface area contributed by atoms with Crippen molar-refractivity contribution in [2.75, 3.05) is 29.7 Å². The van der Waals surface area contributed by atoms with E-state index in [1.165, 1.54) is 19.2 Å². The van der Waals surface area contributed by atoms with Crippen LogP contribution in [0.15, 0.2) is 18.2 Å². The van der Waals surface area contributed by atoms with Crippen LogP contribution in [-0.2, 0) is 14.3 Å². The maximum absolute atomic E-state index is 12.9.